The molecule has 0 fully saturated rings. The lowest BCUT2D eigenvalue weighted by Crippen LogP contribution is -2.06. The van der Waals surface area contributed by atoms with Crippen molar-refractivity contribution in [2.75, 3.05) is 0 Å². The van der Waals surface area contributed by atoms with Crippen molar-refractivity contribution in [3.8, 4) is 0 Å². The van der Waals surface area contributed by atoms with Gasteiger partial charge in [0.2, 0.25) is 0 Å². The molecule has 0 aliphatic heterocycles. The third-order valence-corrected chi connectivity index (χ3v) is 1.90. The summed E-state index contributed by atoms with van der Waals surface area (Å²) in [6.45, 7) is 1.65. The molecule has 0 atom stereocenters. The van der Waals surface area contributed by atoms with Gasteiger partial charge < -0.3 is 0 Å². The highest BCUT2D eigenvalue weighted by Gasteiger charge is 2.32. The molecule has 1 aromatic rings. The van der Waals surface area contributed by atoms with Crippen molar-refractivity contribution in [1.29, 1.82) is 0 Å². The van der Waals surface area contributed by atoms with Gasteiger partial charge in [0, 0.05) is 5.02 Å². The first-order valence-electron chi connectivity index (χ1n) is 3.94. The predicted octanol–water partition coefficient (Wildman–Crippen LogP) is 4.39. The van der Waals surface area contributed by atoms with Crippen LogP contribution in [0.25, 0.3) is 6.08 Å². The standard InChI is InChI=1S/C10H8ClF3/c1-2-3-7-6-8(11)4-5-9(7)10(12,13)14/h2-6H,1H3/b3-2+. The van der Waals surface area contributed by atoms with Crippen molar-refractivity contribution < 1.29 is 13.2 Å². The van der Waals surface area contributed by atoms with Crippen molar-refractivity contribution in [1.82, 2.24) is 0 Å². The molecule has 1 aromatic carbocycles. The number of hydrogen-bond acceptors (Lipinski definition) is 0. The Morgan fingerprint density at radius 1 is 1.29 bits per heavy atom. The molecular weight excluding hydrogens is 213 g/mol. The fourth-order valence-electron chi connectivity index (χ4n) is 1.11. The molecule has 0 amide bonds. The Morgan fingerprint density at radius 2 is 1.93 bits per heavy atom. The zero-order valence-corrected chi connectivity index (χ0v) is 8.15. The third-order valence-electron chi connectivity index (χ3n) is 1.67. The highest BCUT2D eigenvalue weighted by Crippen LogP contribution is 2.33. The minimum absolute atomic E-state index is 0.0903. The van der Waals surface area contributed by atoms with Crippen LogP contribution in [0.2, 0.25) is 5.02 Å². The van der Waals surface area contributed by atoms with E-state index in [1.165, 1.54) is 18.2 Å². The fraction of sp³-hybridized carbons (Fsp3) is 0.200. The Kier molecular flexibility index (Phi) is 3.21. The second-order valence-electron chi connectivity index (χ2n) is 2.73. The summed E-state index contributed by atoms with van der Waals surface area (Å²) in [5, 5.41) is 0.297. The number of alkyl halides is 3. The minimum atomic E-state index is -4.33. The van der Waals surface area contributed by atoms with Gasteiger partial charge in [-0.2, -0.15) is 13.2 Å². The number of halogens is 4. The van der Waals surface area contributed by atoms with E-state index in [4.69, 9.17) is 11.6 Å². The lowest BCUT2D eigenvalue weighted by Gasteiger charge is -2.10. The van der Waals surface area contributed by atoms with Crippen molar-refractivity contribution >= 4 is 17.7 Å². The van der Waals surface area contributed by atoms with Gasteiger partial charge in [-0.15, -0.1) is 0 Å². The summed E-state index contributed by atoms with van der Waals surface area (Å²) in [6.07, 6.45) is -1.41. The molecule has 0 unspecified atom stereocenters. The van der Waals surface area contributed by atoms with E-state index in [0.717, 1.165) is 6.07 Å². The average molecular weight is 221 g/mol. The smallest absolute Gasteiger partial charge is 0.166 e. The van der Waals surface area contributed by atoms with Gasteiger partial charge in [0.1, 0.15) is 0 Å². The van der Waals surface area contributed by atoms with Crippen LogP contribution in [0.1, 0.15) is 18.1 Å². The van der Waals surface area contributed by atoms with Crippen LogP contribution in [0.5, 0.6) is 0 Å². The van der Waals surface area contributed by atoms with Gasteiger partial charge in [-0.1, -0.05) is 23.8 Å². The van der Waals surface area contributed by atoms with Crippen LogP contribution < -0.4 is 0 Å². The Hall–Kier alpha value is -0.960. The summed E-state index contributed by atoms with van der Waals surface area (Å²) >= 11 is 5.60. The quantitative estimate of drug-likeness (QED) is 0.658. The van der Waals surface area contributed by atoms with Crippen LogP contribution in [0, 0.1) is 0 Å². The zero-order valence-electron chi connectivity index (χ0n) is 7.40. The third kappa shape index (κ3) is 2.51. The summed E-state index contributed by atoms with van der Waals surface area (Å²) in [7, 11) is 0. The second-order valence-corrected chi connectivity index (χ2v) is 3.17. The largest absolute Gasteiger partial charge is 0.416 e. The maximum Gasteiger partial charge on any atom is 0.416 e. The second kappa shape index (κ2) is 4.05. The lowest BCUT2D eigenvalue weighted by molar-refractivity contribution is -0.137. The molecule has 0 heterocycles. The van der Waals surface area contributed by atoms with Gasteiger partial charge in [0.25, 0.3) is 0 Å². The summed E-state index contributed by atoms with van der Waals surface area (Å²) < 4.78 is 37.3. The highest BCUT2D eigenvalue weighted by atomic mass is 35.5. The maximum atomic E-state index is 12.4. The number of allylic oxidation sites excluding steroid dienone is 1. The van der Waals surface area contributed by atoms with Crippen LogP contribution in [-0.2, 0) is 6.18 Å². The molecule has 76 valence electrons. The molecule has 0 saturated heterocycles. The van der Waals surface area contributed by atoms with Gasteiger partial charge in [-0.05, 0) is 30.7 Å². The van der Waals surface area contributed by atoms with Crippen molar-refractivity contribution in [3.63, 3.8) is 0 Å². The first kappa shape index (κ1) is 11.1. The van der Waals surface area contributed by atoms with Gasteiger partial charge in [-0.3, -0.25) is 0 Å². The van der Waals surface area contributed by atoms with E-state index in [9.17, 15) is 13.2 Å². The molecule has 0 radical (unpaired) electrons. The van der Waals surface area contributed by atoms with E-state index in [0.29, 0.717) is 5.02 Å². The highest BCUT2D eigenvalue weighted by molar-refractivity contribution is 6.30. The van der Waals surface area contributed by atoms with Gasteiger partial charge in [0.05, 0.1) is 5.56 Å². The van der Waals surface area contributed by atoms with Gasteiger partial charge >= 0.3 is 6.18 Å². The molecule has 0 N–H and O–H groups in total. The number of rotatable bonds is 1. The maximum absolute atomic E-state index is 12.4. The van der Waals surface area contributed by atoms with Crippen molar-refractivity contribution in [2.45, 2.75) is 13.1 Å². The zero-order chi connectivity index (χ0) is 10.8. The molecule has 0 saturated carbocycles. The van der Waals surface area contributed by atoms with Crippen LogP contribution in [0.3, 0.4) is 0 Å². The summed E-state index contributed by atoms with van der Waals surface area (Å²) in [6, 6.07) is 3.51. The normalized spacial score (nSPS) is 12.4. The first-order valence-corrected chi connectivity index (χ1v) is 4.32. The van der Waals surface area contributed by atoms with Gasteiger partial charge in [0.15, 0.2) is 0 Å². The van der Waals surface area contributed by atoms with Crippen LogP contribution >= 0.6 is 11.6 Å². The van der Waals surface area contributed by atoms with Crippen molar-refractivity contribution in [2.24, 2.45) is 0 Å². The molecule has 0 bridgehead atoms. The van der Waals surface area contributed by atoms with E-state index in [1.807, 2.05) is 0 Å². The number of benzene rings is 1. The molecule has 0 aliphatic carbocycles. The molecule has 0 aliphatic rings. The molecule has 14 heavy (non-hydrogen) atoms. The molecule has 0 aromatic heterocycles. The van der Waals surface area contributed by atoms with E-state index >= 15 is 0 Å². The lowest BCUT2D eigenvalue weighted by atomic mass is 10.1. The summed E-state index contributed by atoms with van der Waals surface area (Å²) in [5.41, 5.74) is -0.576. The Balaban J connectivity index is 3.29. The van der Waals surface area contributed by atoms with E-state index in [-0.39, 0.29) is 5.56 Å². The Morgan fingerprint density at radius 3 is 2.43 bits per heavy atom. The Labute approximate surface area is 85.0 Å². The van der Waals surface area contributed by atoms with Crippen LogP contribution in [0.4, 0.5) is 13.2 Å². The van der Waals surface area contributed by atoms with Crippen LogP contribution in [0.15, 0.2) is 24.3 Å². The van der Waals surface area contributed by atoms with E-state index in [2.05, 4.69) is 0 Å². The molecular formula is C10H8ClF3. The predicted molar refractivity (Wildman–Crippen MR) is 51.2 cm³/mol. The molecule has 4 heteroatoms. The van der Waals surface area contributed by atoms with Crippen molar-refractivity contribution in [3.05, 3.63) is 40.4 Å². The fourth-order valence-corrected chi connectivity index (χ4v) is 1.29. The molecule has 0 nitrogen and oxygen atoms in total. The average Bonchev–Trinajstić information content (AvgIpc) is 2.02. The molecule has 1 rings (SSSR count). The summed E-state index contributed by atoms with van der Waals surface area (Å²) in [4.78, 5) is 0. The summed E-state index contributed by atoms with van der Waals surface area (Å²) in [5.74, 6) is 0. The minimum Gasteiger partial charge on any atom is -0.166 e. The SMILES string of the molecule is C/C=C/c1cc(Cl)ccc1C(F)(F)F. The Bertz CT molecular complexity index is 353. The monoisotopic (exact) mass is 220 g/mol. The van der Waals surface area contributed by atoms with E-state index in [1.54, 1.807) is 13.0 Å². The molecule has 0 spiro atoms. The first-order chi connectivity index (χ1) is 6.45. The van der Waals surface area contributed by atoms with Crippen LogP contribution in [-0.4, -0.2) is 0 Å². The topological polar surface area (TPSA) is 0 Å². The van der Waals surface area contributed by atoms with Gasteiger partial charge in [-0.25, -0.2) is 0 Å². The van der Waals surface area contributed by atoms with E-state index < -0.39 is 11.7 Å². The number of hydrogen-bond donors (Lipinski definition) is 0.